The van der Waals surface area contributed by atoms with Crippen molar-refractivity contribution in [2.45, 2.75) is 52.3 Å². The van der Waals surface area contributed by atoms with Gasteiger partial charge in [-0.2, -0.15) is 0 Å². The summed E-state index contributed by atoms with van der Waals surface area (Å²) in [6.07, 6.45) is 6.17. The van der Waals surface area contributed by atoms with Gasteiger partial charge in [-0.05, 0) is 12.8 Å². The molecule has 0 spiro atoms. The third kappa shape index (κ3) is 7.40. The summed E-state index contributed by atoms with van der Waals surface area (Å²) in [7, 11) is 0. The molecule has 2 N–H and O–H groups in total. The highest BCUT2D eigenvalue weighted by atomic mass is 16.5. The first kappa shape index (κ1) is 14.5. The van der Waals surface area contributed by atoms with E-state index in [0.717, 1.165) is 25.9 Å². The van der Waals surface area contributed by atoms with Crippen molar-refractivity contribution in [3.8, 4) is 0 Å². The van der Waals surface area contributed by atoms with Gasteiger partial charge in [0.05, 0.1) is 6.26 Å². The fraction of sp³-hybridized carbons (Fsp3) is 0.833. The SMILES string of the molecule is C=COC(C)(NCCCC)NCCCC. The first-order valence-corrected chi connectivity index (χ1v) is 5.97. The fourth-order valence-corrected chi connectivity index (χ4v) is 1.32. The van der Waals surface area contributed by atoms with Crippen LogP contribution in [0, 0.1) is 0 Å². The van der Waals surface area contributed by atoms with Gasteiger partial charge in [0, 0.05) is 20.0 Å². The van der Waals surface area contributed by atoms with E-state index in [1.54, 1.807) is 0 Å². The summed E-state index contributed by atoms with van der Waals surface area (Å²) in [5.74, 6) is -0.466. The molecule has 0 aromatic heterocycles. The van der Waals surface area contributed by atoms with Gasteiger partial charge in [0.1, 0.15) is 0 Å². The Kier molecular flexibility index (Phi) is 8.43. The second-order valence-corrected chi connectivity index (χ2v) is 3.88. The molecule has 0 rings (SSSR count). The first-order chi connectivity index (χ1) is 7.18. The smallest absolute Gasteiger partial charge is 0.213 e. The third-order valence-electron chi connectivity index (χ3n) is 2.30. The Morgan fingerprint density at radius 2 is 1.60 bits per heavy atom. The summed E-state index contributed by atoms with van der Waals surface area (Å²) < 4.78 is 5.46. The van der Waals surface area contributed by atoms with Gasteiger partial charge in [-0.3, -0.25) is 10.6 Å². The van der Waals surface area contributed by atoms with Gasteiger partial charge < -0.3 is 4.74 Å². The normalized spacial score (nSPS) is 11.4. The van der Waals surface area contributed by atoms with Crippen LogP contribution in [0.4, 0.5) is 0 Å². The first-order valence-electron chi connectivity index (χ1n) is 5.97. The van der Waals surface area contributed by atoms with Crippen LogP contribution in [0.3, 0.4) is 0 Å². The van der Waals surface area contributed by atoms with Crippen LogP contribution < -0.4 is 10.6 Å². The highest BCUT2D eigenvalue weighted by Gasteiger charge is 2.21. The average Bonchev–Trinajstić information content (AvgIpc) is 2.19. The molecule has 0 bridgehead atoms. The number of nitrogens with one attached hydrogen (secondary N) is 2. The minimum atomic E-state index is -0.466. The lowest BCUT2D eigenvalue weighted by molar-refractivity contribution is -0.0239. The number of rotatable bonds is 10. The van der Waals surface area contributed by atoms with E-state index in [2.05, 4.69) is 31.1 Å². The summed E-state index contributed by atoms with van der Waals surface area (Å²) in [4.78, 5) is 0. The molecule has 0 saturated heterocycles. The highest BCUT2D eigenvalue weighted by Crippen LogP contribution is 2.03. The van der Waals surface area contributed by atoms with Crippen molar-refractivity contribution in [3.05, 3.63) is 12.8 Å². The average molecular weight is 214 g/mol. The Morgan fingerprint density at radius 1 is 1.13 bits per heavy atom. The van der Waals surface area contributed by atoms with Gasteiger partial charge in [0.15, 0.2) is 0 Å². The Labute approximate surface area is 94.3 Å². The Hall–Kier alpha value is -0.540. The molecule has 0 unspecified atom stereocenters. The van der Waals surface area contributed by atoms with E-state index in [1.807, 2.05) is 6.92 Å². The Morgan fingerprint density at radius 3 is 1.93 bits per heavy atom. The van der Waals surface area contributed by atoms with Crippen LogP contribution in [-0.2, 0) is 4.74 Å². The van der Waals surface area contributed by atoms with E-state index in [9.17, 15) is 0 Å². The summed E-state index contributed by atoms with van der Waals surface area (Å²) >= 11 is 0. The molecular weight excluding hydrogens is 188 g/mol. The third-order valence-corrected chi connectivity index (χ3v) is 2.30. The van der Waals surface area contributed by atoms with Crippen molar-refractivity contribution < 1.29 is 4.74 Å². The largest absolute Gasteiger partial charge is 0.468 e. The lowest BCUT2D eigenvalue weighted by Crippen LogP contribution is -2.56. The van der Waals surface area contributed by atoms with Crippen molar-refractivity contribution in [2.24, 2.45) is 0 Å². The minimum Gasteiger partial charge on any atom is -0.468 e. The summed E-state index contributed by atoms with van der Waals surface area (Å²) in [6.45, 7) is 11.9. The van der Waals surface area contributed by atoms with Crippen LogP contribution in [0.25, 0.3) is 0 Å². The van der Waals surface area contributed by atoms with Crippen molar-refractivity contribution in [3.63, 3.8) is 0 Å². The topological polar surface area (TPSA) is 33.3 Å². The second-order valence-electron chi connectivity index (χ2n) is 3.88. The predicted octanol–water partition coefficient (Wildman–Crippen LogP) is 2.60. The zero-order valence-corrected chi connectivity index (χ0v) is 10.4. The summed E-state index contributed by atoms with van der Waals surface area (Å²) in [6, 6.07) is 0. The number of unbranched alkanes of at least 4 members (excludes halogenated alkanes) is 2. The molecule has 0 radical (unpaired) electrons. The number of hydrogen-bond donors (Lipinski definition) is 2. The summed E-state index contributed by atoms with van der Waals surface area (Å²) in [5, 5.41) is 6.70. The zero-order valence-electron chi connectivity index (χ0n) is 10.4. The van der Waals surface area contributed by atoms with E-state index < -0.39 is 5.85 Å². The van der Waals surface area contributed by atoms with Crippen LogP contribution in [0.15, 0.2) is 12.8 Å². The van der Waals surface area contributed by atoms with Gasteiger partial charge in [-0.15, -0.1) is 0 Å². The quantitative estimate of drug-likeness (QED) is 0.333. The van der Waals surface area contributed by atoms with E-state index in [1.165, 1.54) is 19.1 Å². The van der Waals surface area contributed by atoms with E-state index in [-0.39, 0.29) is 0 Å². The van der Waals surface area contributed by atoms with Gasteiger partial charge in [0.25, 0.3) is 0 Å². The maximum atomic E-state index is 5.46. The lowest BCUT2D eigenvalue weighted by atomic mass is 10.3. The van der Waals surface area contributed by atoms with Crippen LogP contribution in [0.1, 0.15) is 46.5 Å². The number of ether oxygens (including phenoxy) is 1. The van der Waals surface area contributed by atoms with Crippen LogP contribution >= 0.6 is 0 Å². The van der Waals surface area contributed by atoms with Crippen molar-refractivity contribution in [1.82, 2.24) is 10.6 Å². The predicted molar refractivity (Wildman–Crippen MR) is 65.5 cm³/mol. The van der Waals surface area contributed by atoms with Crippen LogP contribution in [0.2, 0.25) is 0 Å². The minimum absolute atomic E-state index is 0.466. The van der Waals surface area contributed by atoms with Crippen molar-refractivity contribution in [2.75, 3.05) is 13.1 Å². The molecule has 3 nitrogen and oxygen atoms in total. The standard InChI is InChI=1S/C12H26N2O/c1-5-8-10-13-12(4,15-7-3)14-11-9-6-2/h7,13-14H,3,5-6,8-11H2,1-2,4H3. The van der Waals surface area contributed by atoms with E-state index in [0.29, 0.717) is 0 Å². The van der Waals surface area contributed by atoms with Gasteiger partial charge >= 0.3 is 0 Å². The van der Waals surface area contributed by atoms with E-state index in [4.69, 9.17) is 4.74 Å². The maximum Gasteiger partial charge on any atom is 0.213 e. The van der Waals surface area contributed by atoms with Crippen molar-refractivity contribution >= 4 is 0 Å². The monoisotopic (exact) mass is 214 g/mol. The van der Waals surface area contributed by atoms with Gasteiger partial charge in [-0.1, -0.05) is 33.3 Å². The zero-order chi connectivity index (χ0) is 11.6. The molecule has 0 aromatic rings. The molecule has 15 heavy (non-hydrogen) atoms. The highest BCUT2D eigenvalue weighted by molar-refractivity contribution is 4.72. The fourth-order valence-electron chi connectivity index (χ4n) is 1.32. The molecule has 0 atom stereocenters. The molecule has 0 amide bonds. The molecule has 0 aliphatic carbocycles. The van der Waals surface area contributed by atoms with E-state index >= 15 is 0 Å². The summed E-state index contributed by atoms with van der Waals surface area (Å²) in [5.41, 5.74) is 0. The molecule has 3 heteroatoms. The van der Waals surface area contributed by atoms with Gasteiger partial charge in [-0.25, -0.2) is 0 Å². The van der Waals surface area contributed by atoms with Crippen LogP contribution in [-0.4, -0.2) is 18.9 Å². The molecule has 0 aliphatic heterocycles. The molecular formula is C12H26N2O. The maximum absolute atomic E-state index is 5.46. The lowest BCUT2D eigenvalue weighted by Gasteiger charge is -2.31. The number of hydrogen-bond acceptors (Lipinski definition) is 3. The molecule has 0 heterocycles. The molecule has 0 saturated carbocycles. The van der Waals surface area contributed by atoms with Crippen LogP contribution in [0.5, 0.6) is 0 Å². The molecule has 0 fully saturated rings. The Balaban J connectivity index is 3.88. The molecule has 90 valence electrons. The Bertz CT molecular complexity index is 150. The van der Waals surface area contributed by atoms with Crippen molar-refractivity contribution in [1.29, 1.82) is 0 Å². The molecule has 0 aromatic carbocycles. The molecule has 0 aliphatic rings. The van der Waals surface area contributed by atoms with Gasteiger partial charge in [0.2, 0.25) is 5.85 Å². The second kappa shape index (κ2) is 8.74.